The number of rotatable bonds is 0. The molecule has 0 aromatic rings. The van der Waals surface area contributed by atoms with E-state index in [-0.39, 0.29) is 42.5 Å². The molecule has 9 heavy (non-hydrogen) atoms. The van der Waals surface area contributed by atoms with Crippen LogP contribution in [0.3, 0.4) is 0 Å². The fourth-order valence-electron chi connectivity index (χ4n) is 0.541. The molecule has 1 N–H and O–H groups in total. The zero-order chi connectivity index (χ0) is 6.15. The minimum absolute atomic E-state index is 0. The first-order valence-corrected chi connectivity index (χ1v) is 2.25. The number of hydrogen-bond acceptors (Lipinski definition) is 2. The number of halogens is 1. The number of nitrogens with zero attached hydrogens (tertiary/aromatic N) is 1. The Balaban J connectivity index is 0.000000640. The summed E-state index contributed by atoms with van der Waals surface area (Å²) in [6.45, 7) is 0.193. The highest BCUT2D eigenvalue weighted by molar-refractivity contribution is 14.0. The lowest BCUT2D eigenvalue weighted by Gasteiger charge is -1.99. The van der Waals surface area contributed by atoms with Gasteiger partial charge in [0.25, 0.3) is 0 Å². The second-order valence-corrected chi connectivity index (χ2v) is 1.71. The summed E-state index contributed by atoms with van der Waals surface area (Å²) in [5, 5.41) is 2.11. The van der Waals surface area contributed by atoms with Crippen LogP contribution in [0.5, 0.6) is 0 Å². The summed E-state index contributed by atoms with van der Waals surface area (Å²) in [4.78, 5) is 22.0. The predicted octanol–water partition coefficient (Wildman–Crippen LogP) is -0.214. The van der Waals surface area contributed by atoms with E-state index in [1.165, 1.54) is 4.90 Å². The van der Waals surface area contributed by atoms with Crippen molar-refractivity contribution in [1.29, 1.82) is 0 Å². The van der Waals surface area contributed by atoms with Gasteiger partial charge in [0, 0.05) is 7.05 Å². The summed E-state index contributed by atoms with van der Waals surface area (Å²) in [5.74, 6) is -0.225. The van der Waals surface area contributed by atoms with Crippen LogP contribution in [0.15, 0.2) is 0 Å². The summed E-state index contributed by atoms with van der Waals surface area (Å²) in [5.41, 5.74) is 0. The summed E-state index contributed by atoms with van der Waals surface area (Å²) in [7, 11) is 1.57. The normalized spacial score (nSPS) is 17.2. The lowest BCUT2D eigenvalue weighted by Crippen LogP contribution is -2.24. The Hall–Kier alpha value is -0.330. The summed E-state index contributed by atoms with van der Waals surface area (Å²) in [6, 6.07) is -0.310. The third-order valence-electron chi connectivity index (χ3n) is 0.974. The van der Waals surface area contributed by atoms with Gasteiger partial charge in [-0.3, -0.25) is 10.1 Å². The van der Waals surface area contributed by atoms with Crippen LogP contribution in [0.2, 0.25) is 0 Å². The van der Waals surface area contributed by atoms with Crippen molar-refractivity contribution in [3.05, 3.63) is 0 Å². The molecule has 1 heterocycles. The molecule has 1 fully saturated rings. The van der Waals surface area contributed by atoms with Crippen molar-refractivity contribution in [1.82, 2.24) is 10.2 Å². The van der Waals surface area contributed by atoms with Crippen molar-refractivity contribution in [2.75, 3.05) is 13.6 Å². The van der Waals surface area contributed by atoms with E-state index >= 15 is 0 Å². The number of nitrogens with one attached hydrogen (secondary N) is 1. The maximum atomic E-state index is 10.4. The van der Waals surface area contributed by atoms with Crippen LogP contribution in [0, 0.1) is 0 Å². The Morgan fingerprint density at radius 1 is 1.56 bits per heavy atom. The molecule has 0 aromatic carbocycles. The van der Waals surface area contributed by atoms with Crippen molar-refractivity contribution < 1.29 is 9.59 Å². The SMILES string of the molecule is CN1CC(=O)NC1=O.I. The molecule has 1 aliphatic rings. The van der Waals surface area contributed by atoms with Gasteiger partial charge in [-0.05, 0) is 0 Å². The monoisotopic (exact) mass is 242 g/mol. The number of urea groups is 1. The second-order valence-electron chi connectivity index (χ2n) is 1.71. The molecule has 0 bridgehead atoms. The fourth-order valence-corrected chi connectivity index (χ4v) is 0.541. The van der Waals surface area contributed by atoms with E-state index < -0.39 is 0 Å². The molecule has 52 valence electrons. The zero-order valence-corrected chi connectivity index (χ0v) is 7.21. The van der Waals surface area contributed by atoms with Crippen LogP contribution >= 0.6 is 24.0 Å². The van der Waals surface area contributed by atoms with Gasteiger partial charge in [-0.1, -0.05) is 0 Å². The predicted molar refractivity (Wildman–Crippen MR) is 41.6 cm³/mol. The highest BCUT2D eigenvalue weighted by atomic mass is 127. The highest BCUT2D eigenvalue weighted by Crippen LogP contribution is 1.90. The van der Waals surface area contributed by atoms with Crippen molar-refractivity contribution in [3.63, 3.8) is 0 Å². The molecule has 0 saturated carbocycles. The van der Waals surface area contributed by atoms with Crippen molar-refractivity contribution in [2.45, 2.75) is 0 Å². The Bertz CT molecular complexity index is 148. The largest absolute Gasteiger partial charge is 0.324 e. The first-order valence-electron chi connectivity index (χ1n) is 2.25. The van der Waals surface area contributed by atoms with Gasteiger partial charge < -0.3 is 4.90 Å². The van der Waals surface area contributed by atoms with Crippen LogP contribution in [-0.2, 0) is 4.79 Å². The van der Waals surface area contributed by atoms with E-state index in [9.17, 15) is 9.59 Å². The van der Waals surface area contributed by atoms with Crippen LogP contribution < -0.4 is 5.32 Å². The molecule has 4 nitrogen and oxygen atoms in total. The molecule has 3 amide bonds. The Morgan fingerprint density at radius 2 is 2.11 bits per heavy atom. The Kier molecular flexibility index (Phi) is 2.89. The van der Waals surface area contributed by atoms with Gasteiger partial charge in [-0.15, -0.1) is 24.0 Å². The second kappa shape index (κ2) is 3.00. The van der Waals surface area contributed by atoms with E-state index in [2.05, 4.69) is 5.32 Å². The minimum atomic E-state index is -0.310. The average molecular weight is 242 g/mol. The van der Waals surface area contributed by atoms with Gasteiger partial charge in [0.05, 0.1) is 0 Å². The van der Waals surface area contributed by atoms with Gasteiger partial charge >= 0.3 is 6.03 Å². The van der Waals surface area contributed by atoms with Crippen molar-refractivity contribution in [3.8, 4) is 0 Å². The lowest BCUT2D eigenvalue weighted by molar-refractivity contribution is -0.118. The molecule has 0 spiro atoms. The summed E-state index contributed by atoms with van der Waals surface area (Å²) >= 11 is 0. The molecule has 5 heteroatoms. The van der Waals surface area contributed by atoms with Crippen molar-refractivity contribution in [2.24, 2.45) is 0 Å². The van der Waals surface area contributed by atoms with E-state index in [1.54, 1.807) is 7.05 Å². The Morgan fingerprint density at radius 3 is 2.22 bits per heavy atom. The first kappa shape index (κ1) is 8.67. The maximum Gasteiger partial charge on any atom is 0.324 e. The number of hydrogen-bond donors (Lipinski definition) is 1. The lowest BCUT2D eigenvalue weighted by atomic mass is 10.6. The summed E-state index contributed by atoms with van der Waals surface area (Å²) < 4.78 is 0. The van der Waals surface area contributed by atoms with E-state index in [4.69, 9.17) is 0 Å². The molecule has 1 aliphatic heterocycles. The topological polar surface area (TPSA) is 49.4 Å². The number of imide groups is 1. The van der Waals surface area contributed by atoms with Crippen LogP contribution in [0.4, 0.5) is 4.79 Å². The molecule has 1 saturated heterocycles. The van der Waals surface area contributed by atoms with Crippen LogP contribution in [-0.4, -0.2) is 30.4 Å². The highest BCUT2D eigenvalue weighted by Gasteiger charge is 2.21. The summed E-state index contributed by atoms with van der Waals surface area (Å²) in [6.07, 6.45) is 0. The number of amides is 3. The van der Waals surface area contributed by atoms with Gasteiger partial charge in [0.15, 0.2) is 0 Å². The van der Waals surface area contributed by atoms with Crippen LogP contribution in [0.25, 0.3) is 0 Å². The molecule has 0 radical (unpaired) electrons. The fraction of sp³-hybridized carbons (Fsp3) is 0.500. The van der Waals surface area contributed by atoms with Crippen LogP contribution in [0.1, 0.15) is 0 Å². The Labute approximate surface area is 69.6 Å². The number of carbonyl (C=O) groups is 2. The van der Waals surface area contributed by atoms with Gasteiger partial charge in [0.2, 0.25) is 5.91 Å². The maximum absolute atomic E-state index is 10.4. The molecular formula is C4H7IN2O2. The molecule has 0 atom stereocenters. The van der Waals surface area contributed by atoms with Gasteiger partial charge in [0.1, 0.15) is 6.54 Å². The molecule has 0 aliphatic carbocycles. The third kappa shape index (κ3) is 1.81. The smallest absolute Gasteiger partial charge is 0.318 e. The van der Waals surface area contributed by atoms with Gasteiger partial charge in [-0.25, -0.2) is 4.79 Å². The zero-order valence-electron chi connectivity index (χ0n) is 4.88. The molecular weight excluding hydrogens is 235 g/mol. The van der Waals surface area contributed by atoms with E-state index in [1.807, 2.05) is 0 Å². The van der Waals surface area contributed by atoms with E-state index in [0.717, 1.165) is 0 Å². The van der Waals surface area contributed by atoms with E-state index in [0.29, 0.717) is 0 Å². The average Bonchev–Trinajstić information content (AvgIpc) is 1.85. The number of likely N-dealkylation sites (N-methyl/N-ethyl adjacent to an activating group) is 1. The third-order valence-corrected chi connectivity index (χ3v) is 0.974. The molecule has 0 aromatic heterocycles. The quantitative estimate of drug-likeness (QED) is 0.471. The molecule has 1 rings (SSSR count). The number of carbonyl (C=O) groups excluding carboxylic acids is 2. The van der Waals surface area contributed by atoms with Crippen molar-refractivity contribution >= 4 is 35.9 Å². The minimum Gasteiger partial charge on any atom is -0.318 e. The standard InChI is InChI=1S/C4H6N2O2.HI/c1-6-2-3(7)5-4(6)8;/h2H2,1H3,(H,5,7,8);1H. The van der Waals surface area contributed by atoms with Gasteiger partial charge in [-0.2, -0.15) is 0 Å². The first-order chi connectivity index (χ1) is 3.70. The molecule has 0 unspecified atom stereocenters.